The minimum atomic E-state index is 0.802. The average molecular weight is 141 g/mol. The summed E-state index contributed by atoms with van der Waals surface area (Å²) in [6, 6.07) is 0. The van der Waals surface area contributed by atoms with E-state index in [1.807, 2.05) is 6.92 Å². The highest BCUT2D eigenvalue weighted by molar-refractivity contribution is 5.81. The van der Waals surface area contributed by atoms with Crippen LogP contribution in [0.3, 0.4) is 0 Å². The van der Waals surface area contributed by atoms with Crippen LogP contribution in [-0.2, 0) is 0 Å². The monoisotopic (exact) mass is 141 g/mol. The van der Waals surface area contributed by atoms with Crippen molar-refractivity contribution in [2.24, 2.45) is 11.1 Å². The lowest BCUT2D eigenvalue weighted by Gasteiger charge is -2.05. The fraction of sp³-hybridized carbons (Fsp3) is 0.875. The van der Waals surface area contributed by atoms with E-state index in [0.29, 0.717) is 0 Å². The van der Waals surface area contributed by atoms with Gasteiger partial charge >= 0.3 is 0 Å². The van der Waals surface area contributed by atoms with Crippen molar-refractivity contribution in [3.8, 4) is 0 Å². The number of rotatable bonds is 2. The standard InChI is InChI=1S/C8H15NO/c1-7(9-10)6-8-4-2-3-5-8/h8,10H,2-6H2,1H3. The molecule has 0 heterocycles. The number of nitrogens with zero attached hydrogens (tertiary/aromatic N) is 1. The Morgan fingerprint density at radius 2 is 2.10 bits per heavy atom. The zero-order valence-corrected chi connectivity index (χ0v) is 6.51. The molecule has 0 aliphatic heterocycles. The molecule has 0 aromatic rings. The van der Waals surface area contributed by atoms with Crippen LogP contribution < -0.4 is 0 Å². The minimum Gasteiger partial charge on any atom is -0.411 e. The van der Waals surface area contributed by atoms with Crippen LogP contribution in [0.4, 0.5) is 0 Å². The molecule has 0 spiro atoms. The molecule has 1 fully saturated rings. The average Bonchev–Trinajstić information content (AvgIpc) is 2.40. The van der Waals surface area contributed by atoms with E-state index in [1.165, 1.54) is 25.7 Å². The molecule has 58 valence electrons. The molecule has 0 amide bonds. The van der Waals surface area contributed by atoms with Gasteiger partial charge < -0.3 is 5.21 Å². The normalized spacial score (nSPS) is 21.9. The summed E-state index contributed by atoms with van der Waals surface area (Å²) in [4.78, 5) is 0. The van der Waals surface area contributed by atoms with Crippen LogP contribution in [0.5, 0.6) is 0 Å². The molecular formula is C8H15NO. The summed E-state index contributed by atoms with van der Waals surface area (Å²) in [6.07, 6.45) is 6.38. The van der Waals surface area contributed by atoms with E-state index in [1.54, 1.807) is 0 Å². The Labute approximate surface area is 61.9 Å². The maximum absolute atomic E-state index is 8.38. The first-order valence-electron chi connectivity index (χ1n) is 4.00. The van der Waals surface area contributed by atoms with Crippen molar-refractivity contribution in [1.29, 1.82) is 0 Å². The third kappa shape index (κ3) is 2.01. The fourth-order valence-corrected chi connectivity index (χ4v) is 1.67. The largest absolute Gasteiger partial charge is 0.411 e. The van der Waals surface area contributed by atoms with Gasteiger partial charge in [-0.25, -0.2) is 0 Å². The molecule has 0 aromatic heterocycles. The first-order chi connectivity index (χ1) is 4.83. The molecule has 0 saturated heterocycles. The molecule has 0 atom stereocenters. The Kier molecular flexibility index (Phi) is 2.72. The van der Waals surface area contributed by atoms with E-state index in [2.05, 4.69) is 5.16 Å². The Hall–Kier alpha value is -0.530. The summed E-state index contributed by atoms with van der Waals surface area (Å²) in [7, 11) is 0. The van der Waals surface area contributed by atoms with Crippen molar-refractivity contribution in [3.63, 3.8) is 0 Å². The van der Waals surface area contributed by atoms with Crippen molar-refractivity contribution in [1.82, 2.24) is 0 Å². The first kappa shape index (κ1) is 7.58. The second kappa shape index (κ2) is 3.59. The van der Waals surface area contributed by atoms with E-state index in [-0.39, 0.29) is 0 Å². The minimum absolute atomic E-state index is 0.802. The van der Waals surface area contributed by atoms with Gasteiger partial charge in [-0.1, -0.05) is 30.8 Å². The summed E-state index contributed by atoms with van der Waals surface area (Å²) in [5.41, 5.74) is 0.881. The highest BCUT2D eigenvalue weighted by Gasteiger charge is 2.15. The smallest absolute Gasteiger partial charge is 0.0542 e. The Morgan fingerprint density at radius 3 is 2.60 bits per heavy atom. The van der Waals surface area contributed by atoms with Crippen molar-refractivity contribution in [3.05, 3.63) is 0 Å². The SMILES string of the molecule is CC(CC1CCCC1)=NO. The van der Waals surface area contributed by atoms with Gasteiger partial charge in [-0.05, 0) is 19.3 Å². The van der Waals surface area contributed by atoms with Gasteiger partial charge in [0.2, 0.25) is 0 Å². The van der Waals surface area contributed by atoms with Crippen molar-refractivity contribution in [2.45, 2.75) is 39.0 Å². The van der Waals surface area contributed by atoms with Crippen LogP contribution in [0.2, 0.25) is 0 Å². The quantitative estimate of drug-likeness (QED) is 0.357. The summed E-state index contributed by atoms with van der Waals surface area (Å²) in [6.45, 7) is 1.89. The van der Waals surface area contributed by atoms with E-state index in [9.17, 15) is 0 Å². The summed E-state index contributed by atoms with van der Waals surface area (Å²) >= 11 is 0. The van der Waals surface area contributed by atoms with Crippen molar-refractivity contribution >= 4 is 5.71 Å². The van der Waals surface area contributed by atoms with Crippen LogP contribution in [0.1, 0.15) is 39.0 Å². The highest BCUT2D eigenvalue weighted by atomic mass is 16.4. The van der Waals surface area contributed by atoms with Crippen LogP contribution in [0.25, 0.3) is 0 Å². The maximum Gasteiger partial charge on any atom is 0.0542 e. The van der Waals surface area contributed by atoms with Crippen molar-refractivity contribution in [2.75, 3.05) is 0 Å². The lowest BCUT2D eigenvalue weighted by molar-refractivity contribution is 0.315. The molecule has 1 saturated carbocycles. The van der Waals surface area contributed by atoms with Gasteiger partial charge in [0, 0.05) is 0 Å². The Bertz CT molecular complexity index is 125. The topological polar surface area (TPSA) is 32.6 Å². The molecule has 1 aliphatic rings. The summed E-state index contributed by atoms with van der Waals surface area (Å²) < 4.78 is 0. The lowest BCUT2D eigenvalue weighted by atomic mass is 10.0. The zero-order chi connectivity index (χ0) is 7.40. The molecule has 2 heteroatoms. The van der Waals surface area contributed by atoms with Gasteiger partial charge in [-0.3, -0.25) is 0 Å². The number of hydrogen-bond acceptors (Lipinski definition) is 2. The second-order valence-corrected chi connectivity index (χ2v) is 3.19. The van der Waals surface area contributed by atoms with Gasteiger partial charge in [0.15, 0.2) is 0 Å². The second-order valence-electron chi connectivity index (χ2n) is 3.19. The van der Waals surface area contributed by atoms with Crippen LogP contribution in [0.15, 0.2) is 5.16 Å². The Morgan fingerprint density at radius 1 is 1.50 bits per heavy atom. The van der Waals surface area contributed by atoms with Crippen LogP contribution >= 0.6 is 0 Å². The third-order valence-corrected chi connectivity index (χ3v) is 2.23. The van der Waals surface area contributed by atoms with Gasteiger partial charge in [-0.15, -0.1) is 0 Å². The molecular weight excluding hydrogens is 126 g/mol. The highest BCUT2D eigenvalue weighted by Crippen LogP contribution is 2.27. The van der Waals surface area contributed by atoms with Gasteiger partial charge in [-0.2, -0.15) is 0 Å². The lowest BCUT2D eigenvalue weighted by Crippen LogP contribution is -2.00. The first-order valence-corrected chi connectivity index (χ1v) is 4.00. The van der Waals surface area contributed by atoms with E-state index in [0.717, 1.165) is 18.1 Å². The molecule has 0 radical (unpaired) electrons. The van der Waals surface area contributed by atoms with Crippen LogP contribution in [0, 0.1) is 5.92 Å². The molecule has 10 heavy (non-hydrogen) atoms. The van der Waals surface area contributed by atoms with E-state index in [4.69, 9.17) is 5.21 Å². The predicted molar refractivity (Wildman–Crippen MR) is 41.5 cm³/mol. The van der Waals surface area contributed by atoms with Crippen LogP contribution in [-0.4, -0.2) is 10.9 Å². The van der Waals surface area contributed by atoms with Gasteiger partial charge in [0.1, 0.15) is 0 Å². The molecule has 1 aliphatic carbocycles. The number of oxime groups is 1. The summed E-state index contributed by atoms with van der Waals surface area (Å²) in [5, 5.41) is 11.6. The third-order valence-electron chi connectivity index (χ3n) is 2.23. The van der Waals surface area contributed by atoms with Gasteiger partial charge in [0.25, 0.3) is 0 Å². The molecule has 0 unspecified atom stereocenters. The zero-order valence-electron chi connectivity index (χ0n) is 6.51. The molecule has 1 N–H and O–H groups in total. The summed E-state index contributed by atoms with van der Waals surface area (Å²) in [5.74, 6) is 0.802. The molecule has 0 bridgehead atoms. The van der Waals surface area contributed by atoms with Crippen molar-refractivity contribution < 1.29 is 5.21 Å². The van der Waals surface area contributed by atoms with E-state index < -0.39 is 0 Å². The molecule has 1 rings (SSSR count). The van der Waals surface area contributed by atoms with E-state index >= 15 is 0 Å². The molecule has 0 aromatic carbocycles. The Balaban J connectivity index is 2.24. The predicted octanol–water partition coefficient (Wildman–Crippen LogP) is 2.42. The maximum atomic E-state index is 8.38. The van der Waals surface area contributed by atoms with Gasteiger partial charge in [0.05, 0.1) is 5.71 Å². The molecule has 2 nitrogen and oxygen atoms in total. The number of hydrogen-bond donors (Lipinski definition) is 1. The fourth-order valence-electron chi connectivity index (χ4n) is 1.67.